The summed E-state index contributed by atoms with van der Waals surface area (Å²) < 4.78 is 5.27. The number of aromatic carboxylic acids is 1. The zero-order chi connectivity index (χ0) is 14.5. The van der Waals surface area contributed by atoms with Gasteiger partial charge in [-0.3, -0.25) is 10.1 Å². The second-order valence-corrected chi connectivity index (χ2v) is 4.82. The van der Waals surface area contributed by atoms with Crippen molar-refractivity contribution in [3.05, 3.63) is 50.3 Å². The Bertz CT molecular complexity index is 627. The van der Waals surface area contributed by atoms with Gasteiger partial charge in [0.25, 0.3) is 5.88 Å². The number of thiophene rings is 1. The largest absolute Gasteiger partial charge is 0.478 e. The lowest BCUT2D eigenvalue weighted by Gasteiger charge is -2.05. The molecule has 0 bridgehead atoms. The molecule has 2 heterocycles. The molecule has 7 nitrogen and oxygen atoms in total. The number of nitro groups is 1. The molecule has 8 heteroatoms. The summed E-state index contributed by atoms with van der Waals surface area (Å²) in [6, 6.07) is 4.78. The van der Waals surface area contributed by atoms with Crippen LogP contribution >= 0.6 is 11.3 Å². The third-order valence-electron chi connectivity index (χ3n) is 2.44. The van der Waals surface area contributed by atoms with Gasteiger partial charge in [-0.05, 0) is 11.4 Å². The Kier molecular flexibility index (Phi) is 4.26. The highest BCUT2D eigenvalue weighted by Gasteiger charge is 2.20. The van der Waals surface area contributed by atoms with Crippen LogP contribution in [-0.4, -0.2) is 27.6 Å². The molecule has 2 rings (SSSR count). The second-order valence-electron chi connectivity index (χ2n) is 3.79. The molecule has 1 N–H and O–H groups in total. The minimum atomic E-state index is -1.27. The van der Waals surface area contributed by atoms with E-state index in [9.17, 15) is 14.9 Å². The molecular formula is C12H10N2O5S. The normalized spacial score (nSPS) is 10.2. The van der Waals surface area contributed by atoms with Gasteiger partial charge in [0.05, 0.1) is 17.1 Å². The van der Waals surface area contributed by atoms with E-state index in [1.54, 1.807) is 11.3 Å². The first-order chi connectivity index (χ1) is 9.58. The number of hydrogen-bond donors (Lipinski definition) is 1. The zero-order valence-corrected chi connectivity index (χ0v) is 11.0. The van der Waals surface area contributed by atoms with Crippen LogP contribution in [-0.2, 0) is 6.42 Å². The number of carbonyl (C=O) groups is 1. The van der Waals surface area contributed by atoms with Gasteiger partial charge in [-0.1, -0.05) is 6.07 Å². The highest BCUT2D eigenvalue weighted by Crippen LogP contribution is 2.25. The van der Waals surface area contributed by atoms with Crippen molar-refractivity contribution in [2.24, 2.45) is 0 Å². The van der Waals surface area contributed by atoms with Crippen molar-refractivity contribution in [3.63, 3.8) is 0 Å². The Labute approximate surface area is 117 Å². The van der Waals surface area contributed by atoms with Crippen molar-refractivity contribution in [3.8, 4) is 5.88 Å². The lowest BCUT2D eigenvalue weighted by molar-refractivity contribution is -0.386. The number of carboxylic acid groups (broad SMARTS) is 1. The van der Waals surface area contributed by atoms with Crippen molar-refractivity contribution in [1.82, 2.24) is 4.98 Å². The summed E-state index contributed by atoms with van der Waals surface area (Å²) in [6.07, 6.45) is 1.65. The Hall–Kier alpha value is -2.48. The smallest absolute Gasteiger partial charge is 0.337 e. The van der Waals surface area contributed by atoms with Crippen molar-refractivity contribution < 1.29 is 19.6 Å². The number of nitrogens with zero attached hydrogens (tertiary/aromatic N) is 2. The van der Waals surface area contributed by atoms with E-state index in [2.05, 4.69) is 4.98 Å². The fraction of sp³-hybridized carbons (Fsp3) is 0.167. The molecule has 2 aromatic heterocycles. The van der Waals surface area contributed by atoms with Crippen LogP contribution in [0.25, 0.3) is 0 Å². The molecule has 104 valence electrons. The molecule has 0 aliphatic rings. The summed E-state index contributed by atoms with van der Waals surface area (Å²) >= 11 is 1.56. The molecule has 0 unspecified atom stereocenters. The number of rotatable bonds is 6. The molecule has 0 aromatic carbocycles. The molecule has 0 aliphatic heterocycles. The lowest BCUT2D eigenvalue weighted by atomic mass is 10.2. The van der Waals surface area contributed by atoms with Gasteiger partial charge in [-0.2, -0.15) is 0 Å². The molecule has 0 atom stereocenters. The van der Waals surface area contributed by atoms with Crippen LogP contribution in [0.15, 0.2) is 29.8 Å². The number of carboxylic acids is 1. The maximum atomic E-state index is 10.9. The van der Waals surface area contributed by atoms with Crippen LogP contribution in [0, 0.1) is 10.1 Å². The van der Waals surface area contributed by atoms with E-state index in [0.717, 1.165) is 17.1 Å². The average Bonchev–Trinajstić information content (AvgIpc) is 2.91. The molecule has 0 spiro atoms. The van der Waals surface area contributed by atoms with Crippen molar-refractivity contribution in [2.75, 3.05) is 6.61 Å². The van der Waals surface area contributed by atoms with Gasteiger partial charge >= 0.3 is 11.7 Å². The summed E-state index contributed by atoms with van der Waals surface area (Å²) in [5.41, 5.74) is -0.696. The molecule has 0 aliphatic carbocycles. The van der Waals surface area contributed by atoms with Gasteiger partial charge in [0.15, 0.2) is 0 Å². The summed E-state index contributed by atoms with van der Waals surface area (Å²) in [6.45, 7) is 0.237. The average molecular weight is 294 g/mol. The Morgan fingerprint density at radius 2 is 2.35 bits per heavy atom. The molecular weight excluding hydrogens is 284 g/mol. The molecule has 0 saturated carbocycles. The van der Waals surface area contributed by atoms with Crippen molar-refractivity contribution in [2.45, 2.75) is 6.42 Å². The number of aromatic nitrogens is 1. The van der Waals surface area contributed by atoms with Crippen LogP contribution < -0.4 is 4.74 Å². The van der Waals surface area contributed by atoms with Crippen LogP contribution in [0.5, 0.6) is 5.88 Å². The summed E-state index contributed by atoms with van der Waals surface area (Å²) in [4.78, 5) is 25.7. The van der Waals surface area contributed by atoms with Crippen molar-refractivity contribution >= 4 is 23.0 Å². The number of pyridine rings is 1. The monoisotopic (exact) mass is 294 g/mol. The van der Waals surface area contributed by atoms with Crippen LogP contribution in [0.3, 0.4) is 0 Å². The summed E-state index contributed by atoms with van der Waals surface area (Å²) in [5, 5.41) is 21.6. The van der Waals surface area contributed by atoms with E-state index in [0.29, 0.717) is 6.42 Å². The van der Waals surface area contributed by atoms with Crippen LogP contribution in [0.1, 0.15) is 15.2 Å². The molecule has 0 amide bonds. The Morgan fingerprint density at radius 1 is 1.55 bits per heavy atom. The first-order valence-corrected chi connectivity index (χ1v) is 6.49. The quantitative estimate of drug-likeness (QED) is 0.648. The second kappa shape index (κ2) is 6.11. The third-order valence-corrected chi connectivity index (χ3v) is 3.38. The lowest BCUT2D eigenvalue weighted by Crippen LogP contribution is -2.06. The van der Waals surface area contributed by atoms with Crippen molar-refractivity contribution in [1.29, 1.82) is 0 Å². The fourth-order valence-corrected chi connectivity index (χ4v) is 2.19. The zero-order valence-electron chi connectivity index (χ0n) is 10.2. The van der Waals surface area contributed by atoms with Gasteiger partial charge < -0.3 is 9.84 Å². The Balaban J connectivity index is 2.10. The fourth-order valence-electron chi connectivity index (χ4n) is 1.50. The topological polar surface area (TPSA) is 103 Å². The van der Waals surface area contributed by atoms with Crippen LogP contribution in [0.4, 0.5) is 5.69 Å². The molecule has 0 fully saturated rings. The Morgan fingerprint density at radius 3 is 2.95 bits per heavy atom. The van der Waals surface area contributed by atoms with E-state index in [4.69, 9.17) is 9.84 Å². The minimum absolute atomic E-state index is 0.170. The third kappa shape index (κ3) is 3.29. The predicted molar refractivity (Wildman–Crippen MR) is 71.4 cm³/mol. The SMILES string of the molecule is O=C(O)c1cnc(OCCc2cccs2)c([N+](=O)[O-])c1. The highest BCUT2D eigenvalue weighted by molar-refractivity contribution is 7.09. The first kappa shape index (κ1) is 13.9. The van der Waals surface area contributed by atoms with E-state index in [-0.39, 0.29) is 18.1 Å². The van der Waals surface area contributed by atoms with E-state index >= 15 is 0 Å². The summed E-state index contributed by atoms with van der Waals surface area (Å²) in [7, 11) is 0. The standard InChI is InChI=1S/C12H10N2O5S/c15-12(16)8-6-10(14(17)18)11(13-7-8)19-4-3-9-2-1-5-20-9/h1-2,5-7H,3-4H2,(H,15,16). The molecule has 0 radical (unpaired) electrons. The van der Waals surface area contributed by atoms with E-state index in [1.807, 2.05) is 17.5 Å². The maximum Gasteiger partial charge on any atom is 0.337 e. The van der Waals surface area contributed by atoms with E-state index < -0.39 is 16.6 Å². The minimum Gasteiger partial charge on any atom is -0.478 e. The van der Waals surface area contributed by atoms with E-state index in [1.165, 1.54) is 0 Å². The van der Waals surface area contributed by atoms with Gasteiger partial charge in [0, 0.05) is 23.6 Å². The molecule has 2 aromatic rings. The van der Waals surface area contributed by atoms with Gasteiger partial charge in [-0.25, -0.2) is 9.78 Å². The van der Waals surface area contributed by atoms with Crippen LogP contribution in [0.2, 0.25) is 0 Å². The number of hydrogen-bond acceptors (Lipinski definition) is 6. The van der Waals surface area contributed by atoms with Gasteiger partial charge in [0.2, 0.25) is 0 Å². The number of ether oxygens (including phenoxy) is 1. The first-order valence-electron chi connectivity index (χ1n) is 5.61. The summed E-state index contributed by atoms with van der Waals surface area (Å²) in [5.74, 6) is -1.44. The predicted octanol–water partition coefficient (Wildman–Crippen LogP) is 2.37. The maximum absolute atomic E-state index is 10.9. The highest BCUT2D eigenvalue weighted by atomic mass is 32.1. The van der Waals surface area contributed by atoms with Gasteiger partial charge in [-0.15, -0.1) is 11.3 Å². The van der Waals surface area contributed by atoms with Gasteiger partial charge in [0.1, 0.15) is 0 Å². The molecule has 0 saturated heterocycles. The molecule has 20 heavy (non-hydrogen) atoms.